The van der Waals surface area contributed by atoms with Crippen LogP contribution in [0.5, 0.6) is 0 Å². The topological polar surface area (TPSA) is 97.2 Å². The van der Waals surface area contributed by atoms with E-state index in [0.717, 1.165) is 38.3 Å². The number of nitrogens with one attached hydrogen (secondary N) is 1. The molecule has 0 unspecified atom stereocenters. The van der Waals surface area contributed by atoms with Crippen LogP contribution in [0.3, 0.4) is 0 Å². The molecule has 4 aromatic rings. The SMILES string of the molecule is Cn1cnc(-c2ccc3c(c2)CN([C@H]2CCC(=O)NC2=O)C3=O)c1-c1cnc2sccc2c1. The number of nitrogens with zero attached hydrogens (tertiary/aromatic N) is 4. The van der Waals surface area contributed by atoms with Crippen LogP contribution in [0.4, 0.5) is 0 Å². The summed E-state index contributed by atoms with van der Waals surface area (Å²) in [4.78, 5) is 48.6. The number of pyridine rings is 1. The predicted octanol–water partition coefficient (Wildman–Crippen LogP) is 3.12. The molecule has 9 heteroatoms. The van der Waals surface area contributed by atoms with E-state index >= 15 is 0 Å². The fourth-order valence-corrected chi connectivity index (χ4v) is 5.41. The molecule has 0 saturated carbocycles. The van der Waals surface area contributed by atoms with E-state index < -0.39 is 11.9 Å². The number of carbonyl (C=O) groups excluding carboxylic acids is 3. The van der Waals surface area contributed by atoms with Crippen molar-refractivity contribution in [1.82, 2.24) is 24.8 Å². The Morgan fingerprint density at radius 2 is 1.97 bits per heavy atom. The molecule has 164 valence electrons. The van der Waals surface area contributed by atoms with Gasteiger partial charge in [0, 0.05) is 48.3 Å². The van der Waals surface area contributed by atoms with Gasteiger partial charge in [-0.15, -0.1) is 11.3 Å². The maximum Gasteiger partial charge on any atom is 0.255 e. The average molecular weight is 458 g/mol. The minimum absolute atomic E-state index is 0.181. The third-order valence-electron chi connectivity index (χ3n) is 6.31. The van der Waals surface area contributed by atoms with Crippen LogP contribution in [0.2, 0.25) is 0 Å². The lowest BCUT2D eigenvalue weighted by atomic mass is 10.0. The van der Waals surface area contributed by atoms with Crippen LogP contribution in [-0.2, 0) is 23.2 Å². The van der Waals surface area contributed by atoms with E-state index in [4.69, 9.17) is 0 Å². The van der Waals surface area contributed by atoms with Gasteiger partial charge in [0.2, 0.25) is 11.8 Å². The van der Waals surface area contributed by atoms with Crippen LogP contribution >= 0.6 is 11.3 Å². The van der Waals surface area contributed by atoms with Crippen molar-refractivity contribution in [3.63, 3.8) is 0 Å². The number of imide groups is 1. The first-order chi connectivity index (χ1) is 16.0. The summed E-state index contributed by atoms with van der Waals surface area (Å²) in [5.74, 6) is -0.879. The van der Waals surface area contributed by atoms with Crippen molar-refractivity contribution in [1.29, 1.82) is 0 Å². The van der Waals surface area contributed by atoms with Gasteiger partial charge >= 0.3 is 0 Å². The number of thiophene rings is 1. The molecule has 2 aliphatic heterocycles. The Labute approximate surface area is 192 Å². The second-order valence-electron chi connectivity index (χ2n) is 8.36. The Kier molecular flexibility index (Phi) is 4.41. The highest BCUT2D eigenvalue weighted by Gasteiger charge is 2.39. The molecule has 3 amide bonds. The van der Waals surface area contributed by atoms with Crippen molar-refractivity contribution in [3.05, 3.63) is 59.4 Å². The zero-order chi connectivity index (χ0) is 22.7. The number of benzene rings is 1. The zero-order valence-corrected chi connectivity index (χ0v) is 18.6. The summed E-state index contributed by atoms with van der Waals surface area (Å²) in [5, 5.41) is 5.45. The summed E-state index contributed by atoms with van der Waals surface area (Å²) < 4.78 is 1.97. The van der Waals surface area contributed by atoms with Gasteiger partial charge in [-0.3, -0.25) is 19.7 Å². The van der Waals surface area contributed by atoms with Gasteiger partial charge in [-0.2, -0.15) is 0 Å². The first-order valence-electron chi connectivity index (χ1n) is 10.6. The number of rotatable bonds is 3. The Bertz CT molecular complexity index is 1470. The summed E-state index contributed by atoms with van der Waals surface area (Å²) in [6.45, 7) is 0.332. The van der Waals surface area contributed by atoms with Crippen molar-refractivity contribution in [2.24, 2.45) is 7.05 Å². The molecular formula is C24H19N5O3S. The molecule has 0 spiro atoms. The Balaban J connectivity index is 1.36. The van der Waals surface area contributed by atoms with E-state index in [1.165, 1.54) is 0 Å². The molecule has 1 fully saturated rings. The molecule has 2 aliphatic rings. The molecule has 8 nitrogen and oxygen atoms in total. The normalized spacial score (nSPS) is 18.2. The van der Waals surface area contributed by atoms with Crippen molar-refractivity contribution in [2.75, 3.05) is 0 Å². The van der Waals surface area contributed by atoms with Crippen LogP contribution in [0.25, 0.3) is 32.7 Å². The van der Waals surface area contributed by atoms with Gasteiger partial charge < -0.3 is 9.47 Å². The molecule has 3 aromatic heterocycles. The minimum Gasteiger partial charge on any atom is -0.333 e. The number of carbonyl (C=O) groups is 3. The molecule has 33 heavy (non-hydrogen) atoms. The number of imidazole rings is 1. The third-order valence-corrected chi connectivity index (χ3v) is 7.15. The van der Waals surface area contributed by atoms with E-state index in [1.54, 1.807) is 28.6 Å². The molecule has 0 radical (unpaired) electrons. The Morgan fingerprint density at radius 1 is 1.09 bits per heavy atom. The molecule has 5 heterocycles. The van der Waals surface area contributed by atoms with Gasteiger partial charge in [0.1, 0.15) is 10.9 Å². The highest BCUT2D eigenvalue weighted by Crippen LogP contribution is 2.35. The maximum atomic E-state index is 13.0. The van der Waals surface area contributed by atoms with E-state index in [1.807, 2.05) is 35.3 Å². The molecular weight excluding hydrogens is 438 g/mol. The van der Waals surface area contributed by atoms with E-state index in [-0.39, 0.29) is 18.2 Å². The van der Waals surface area contributed by atoms with Crippen LogP contribution in [0.15, 0.2) is 48.2 Å². The van der Waals surface area contributed by atoms with Gasteiger partial charge in [0.05, 0.1) is 17.7 Å². The highest BCUT2D eigenvalue weighted by atomic mass is 32.1. The summed E-state index contributed by atoms with van der Waals surface area (Å²) in [5.41, 5.74) is 5.06. The van der Waals surface area contributed by atoms with Crippen molar-refractivity contribution in [3.8, 4) is 22.5 Å². The third kappa shape index (κ3) is 3.15. The van der Waals surface area contributed by atoms with E-state index in [0.29, 0.717) is 18.5 Å². The van der Waals surface area contributed by atoms with E-state index in [2.05, 4.69) is 27.4 Å². The lowest BCUT2D eigenvalue weighted by molar-refractivity contribution is -0.136. The zero-order valence-electron chi connectivity index (χ0n) is 17.7. The largest absolute Gasteiger partial charge is 0.333 e. The maximum absolute atomic E-state index is 13.0. The summed E-state index contributed by atoms with van der Waals surface area (Å²) >= 11 is 1.61. The molecule has 1 atom stereocenters. The van der Waals surface area contributed by atoms with Crippen LogP contribution < -0.4 is 5.32 Å². The standard InChI is InChI=1S/C24H19N5O3S/c1-28-12-26-20(21(28)15-9-14-6-7-33-23(14)25-10-15)13-2-3-17-16(8-13)11-29(24(17)32)18-4-5-19(30)27-22(18)31/h2-3,6-10,12,18H,4-5,11H2,1H3,(H,27,30,31)/t18-/m0/s1. The first-order valence-corrected chi connectivity index (χ1v) is 11.5. The second kappa shape index (κ2) is 7.35. The number of fused-ring (bicyclic) bond motifs is 2. The Morgan fingerprint density at radius 3 is 2.82 bits per heavy atom. The van der Waals surface area contributed by atoms with Crippen molar-refractivity contribution < 1.29 is 14.4 Å². The van der Waals surface area contributed by atoms with Gasteiger partial charge in [-0.25, -0.2) is 9.97 Å². The van der Waals surface area contributed by atoms with Gasteiger partial charge in [-0.05, 0) is 41.6 Å². The average Bonchev–Trinajstić information content (AvgIpc) is 3.50. The molecule has 0 aliphatic carbocycles. The van der Waals surface area contributed by atoms with Crippen molar-refractivity contribution >= 4 is 39.3 Å². The number of aryl methyl sites for hydroxylation is 1. The predicted molar refractivity (Wildman–Crippen MR) is 123 cm³/mol. The fourth-order valence-electron chi connectivity index (χ4n) is 4.69. The number of hydrogen-bond donors (Lipinski definition) is 1. The summed E-state index contributed by atoms with van der Waals surface area (Å²) in [6.07, 6.45) is 4.22. The molecule has 1 N–H and O–H groups in total. The lowest BCUT2D eigenvalue weighted by Gasteiger charge is -2.29. The summed E-state index contributed by atoms with van der Waals surface area (Å²) in [7, 11) is 1.95. The molecule has 6 rings (SSSR count). The fraction of sp³-hybridized carbons (Fsp3) is 0.208. The molecule has 1 saturated heterocycles. The molecule has 0 bridgehead atoms. The van der Waals surface area contributed by atoms with Crippen LogP contribution in [-0.4, -0.2) is 43.2 Å². The van der Waals surface area contributed by atoms with Gasteiger partial charge in [0.25, 0.3) is 5.91 Å². The Hall–Kier alpha value is -3.85. The number of aromatic nitrogens is 3. The highest BCUT2D eigenvalue weighted by molar-refractivity contribution is 7.16. The minimum atomic E-state index is -0.625. The van der Waals surface area contributed by atoms with Gasteiger partial charge in [0.15, 0.2) is 0 Å². The second-order valence-corrected chi connectivity index (χ2v) is 9.26. The van der Waals surface area contributed by atoms with Gasteiger partial charge in [-0.1, -0.05) is 6.07 Å². The number of piperidine rings is 1. The summed E-state index contributed by atoms with van der Waals surface area (Å²) in [6, 6.07) is 9.21. The van der Waals surface area contributed by atoms with Crippen LogP contribution in [0, 0.1) is 0 Å². The van der Waals surface area contributed by atoms with Crippen molar-refractivity contribution in [2.45, 2.75) is 25.4 Å². The van der Waals surface area contributed by atoms with E-state index in [9.17, 15) is 14.4 Å². The number of hydrogen-bond acceptors (Lipinski definition) is 6. The smallest absolute Gasteiger partial charge is 0.255 e. The monoisotopic (exact) mass is 457 g/mol. The molecule has 1 aromatic carbocycles. The lowest BCUT2D eigenvalue weighted by Crippen LogP contribution is -2.52. The quantitative estimate of drug-likeness (QED) is 0.477. The van der Waals surface area contributed by atoms with Crippen LogP contribution in [0.1, 0.15) is 28.8 Å². The number of amides is 3. The first kappa shape index (κ1) is 19.8.